The van der Waals surface area contributed by atoms with Crippen molar-refractivity contribution >= 4 is 33.9 Å². The molecule has 0 spiro atoms. The summed E-state index contributed by atoms with van der Waals surface area (Å²) in [6.45, 7) is 1.85. The molecule has 6 nitrogen and oxygen atoms in total. The van der Waals surface area contributed by atoms with E-state index in [0.29, 0.717) is 34.0 Å². The summed E-state index contributed by atoms with van der Waals surface area (Å²) >= 11 is 0. The van der Waals surface area contributed by atoms with Crippen molar-refractivity contribution in [1.29, 1.82) is 5.26 Å². The van der Waals surface area contributed by atoms with Gasteiger partial charge in [0.25, 0.3) is 6.43 Å². The molecule has 1 aliphatic carbocycles. The minimum atomic E-state index is -2.85. The number of carbonyl (C=O) groups is 1. The summed E-state index contributed by atoms with van der Waals surface area (Å²) in [5.41, 5.74) is 3.60. The molecule has 0 aliphatic heterocycles. The van der Waals surface area contributed by atoms with Gasteiger partial charge in [-0.25, -0.2) is 18.8 Å². The zero-order valence-corrected chi connectivity index (χ0v) is 22.6. The summed E-state index contributed by atoms with van der Waals surface area (Å²) in [5.74, 6) is -0.679. The van der Waals surface area contributed by atoms with Crippen molar-refractivity contribution < 1.29 is 13.6 Å². The lowest BCUT2D eigenvalue weighted by Gasteiger charge is -2.18. The Hall–Kier alpha value is -5.29. The Morgan fingerprint density at radius 1 is 1.00 bits per heavy atom. The average Bonchev–Trinajstić information content (AvgIpc) is 3.81. The minimum Gasteiger partial charge on any atom is -0.310 e. The molecule has 0 unspecified atom stereocenters. The number of aromatic nitrogens is 2. The molecule has 1 aliphatic rings. The van der Waals surface area contributed by atoms with E-state index in [9.17, 15) is 4.79 Å². The van der Waals surface area contributed by atoms with E-state index in [0.717, 1.165) is 16.7 Å². The number of rotatable bonds is 7. The third-order valence-electron chi connectivity index (χ3n) is 7.45. The molecule has 2 aromatic heterocycles. The van der Waals surface area contributed by atoms with Crippen molar-refractivity contribution in [2.24, 2.45) is 16.8 Å². The summed E-state index contributed by atoms with van der Waals surface area (Å²) < 4.78 is 30.2. The number of pyridine rings is 2. The second-order valence-electron chi connectivity index (χ2n) is 10.2. The second kappa shape index (κ2) is 11.3. The fourth-order valence-corrected chi connectivity index (χ4v) is 5.12. The predicted molar refractivity (Wildman–Crippen MR) is 159 cm³/mol. The summed E-state index contributed by atoms with van der Waals surface area (Å²) in [5, 5.41) is 12.9. The fourth-order valence-electron chi connectivity index (χ4n) is 5.12. The van der Waals surface area contributed by atoms with E-state index in [2.05, 4.69) is 21.4 Å². The van der Waals surface area contributed by atoms with E-state index in [4.69, 9.17) is 10.3 Å². The van der Waals surface area contributed by atoms with Gasteiger partial charge in [0.1, 0.15) is 5.82 Å². The Morgan fingerprint density at radius 3 is 2.29 bits per heavy atom. The zero-order valence-electron chi connectivity index (χ0n) is 22.6. The largest absolute Gasteiger partial charge is 0.310 e. The number of benzene rings is 3. The molecule has 1 saturated carbocycles. The molecule has 6 rings (SSSR count). The lowest BCUT2D eigenvalue weighted by molar-refractivity contribution is -0.117. The fraction of sp³-hybridized carbons (Fsp3) is 0.147. The number of hydrogen-bond acceptors (Lipinski definition) is 5. The van der Waals surface area contributed by atoms with Gasteiger partial charge in [-0.3, -0.25) is 9.78 Å². The number of hydrogen-bond donors (Lipinski definition) is 1. The van der Waals surface area contributed by atoms with Gasteiger partial charge in [0.15, 0.2) is 0 Å². The molecule has 2 atom stereocenters. The van der Waals surface area contributed by atoms with Crippen molar-refractivity contribution in [2.45, 2.75) is 19.8 Å². The highest BCUT2D eigenvalue weighted by Crippen LogP contribution is 2.45. The molecule has 42 heavy (non-hydrogen) atoms. The van der Waals surface area contributed by atoms with Gasteiger partial charge in [-0.15, -0.1) is 0 Å². The Kier molecular flexibility index (Phi) is 7.24. The first-order valence-corrected chi connectivity index (χ1v) is 13.5. The van der Waals surface area contributed by atoms with Crippen LogP contribution in [0, 0.1) is 30.1 Å². The van der Waals surface area contributed by atoms with Crippen molar-refractivity contribution in [3.63, 3.8) is 0 Å². The third-order valence-corrected chi connectivity index (χ3v) is 7.45. The number of anilines is 1. The molecule has 1 fully saturated rings. The molecule has 206 valence electrons. The Labute approximate surface area is 241 Å². The topological polar surface area (TPSA) is 91.0 Å². The van der Waals surface area contributed by atoms with E-state index in [-0.39, 0.29) is 34.8 Å². The summed E-state index contributed by atoms with van der Waals surface area (Å²) in [4.78, 5) is 26.2. The highest BCUT2D eigenvalue weighted by atomic mass is 19.3. The van der Waals surface area contributed by atoms with Crippen molar-refractivity contribution in [1.82, 2.24) is 9.97 Å². The first-order chi connectivity index (χ1) is 20.4. The van der Waals surface area contributed by atoms with Crippen LogP contribution < -0.4 is 5.32 Å². The van der Waals surface area contributed by atoms with Gasteiger partial charge in [-0.2, -0.15) is 5.26 Å². The molecule has 8 heteroatoms. The van der Waals surface area contributed by atoms with Gasteiger partial charge in [-0.05, 0) is 48.1 Å². The van der Waals surface area contributed by atoms with Crippen LogP contribution >= 0.6 is 0 Å². The molecule has 0 radical (unpaired) electrons. The van der Waals surface area contributed by atoms with Crippen LogP contribution in [0.15, 0.2) is 102 Å². The number of alkyl halides is 2. The second-order valence-corrected chi connectivity index (χ2v) is 10.2. The number of aryl methyl sites for hydroxylation is 1. The third kappa shape index (κ3) is 5.25. The van der Waals surface area contributed by atoms with Crippen LogP contribution in [-0.4, -0.2) is 21.6 Å². The van der Waals surface area contributed by atoms with E-state index in [1.165, 1.54) is 6.20 Å². The molecule has 2 heterocycles. The average molecular weight is 558 g/mol. The van der Waals surface area contributed by atoms with E-state index in [1.807, 2.05) is 67.6 Å². The highest BCUT2D eigenvalue weighted by molar-refractivity contribution is 6.15. The monoisotopic (exact) mass is 557 g/mol. The summed E-state index contributed by atoms with van der Waals surface area (Å²) in [6, 6.07) is 26.1. The van der Waals surface area contributed by atoms with Crippen LogP contribution in [-0.2, 0) is 4.79 Å². The van der Waals surface area contributed by atoms with Gasteiger partial charge in [0, 0.05) is 40.7 Å². The van der Waals surface area contributed by atoms with Gasteiger partial charge >= 0.3 is 0 Å². The first-order valence-electron chi connectivity index (χ1n) is 13.5. The smallest absolute Gasteiger partial charge is 0.266 e. The number of fused-ring (bicyclic) bond motifs is 1. The maximum absolute atomic E-state index is 15.1. The molecule has 0 saturated heterocycles. The number of carbonyl (C=O) groups excluding carboxylic acids is 1. The first kappa shape index (κ1) is 26.9. The lowest BCUT2D eigenvalue weighted by atomic mass is 9.92. The van der Waals surface area contributed by atoms with E-state index in [1.54, 1.807) is 30.6 Å². The normalized spacial score (nSPS) is 15.7. The van der Waals surface area contributed by atoms with Crippen LogP contribution in [0.25, 0.3) is 21.9 Å². The summed E-state index contributed by atoms with van der Waals surface area (Å²) in [6.07, 6.45) is 2.32. The molecular formula is C34H25F2N5O. The number of halogens is 2. The van der Waals surface area contributed by atoms with Crippen molar-refractivity contribution in [3.05, 3.63) is 120 Å². The van der Waals surface area contributed by atoms with Crippen LogP contribution in [0.2, 0.25) is 0 Å². The van der Waals surface area contributed by atoms with Crippen molar-refractivity contribution in [3.8, 4) is 17.2 Å². The Morgan fingerprint density at radius 2 is 1.69 bits per heavy atom. The SMILES string of the molecule is Cc1ccncc1-c1cc2cc(NC(=O)[C@@H]3C[C@H]3C#N)ncc2c(N=C(c2ccccc2)c2ccccc2)c1C(F)F. The number of nitrogens with one attached hydrogen (secondary N) is 1. The summed E-state index contributed by atoms with van der Waals surface area (Å²) in [7, 11) is 0. The molecule has 5 aromatic rings. The molecule has 3 aromatic carbocycles. The molecule has 1 amide bonds. The van der Waals surface area contributed by atoms with E-state index >= 15 is 8.78 Å². The van der Waals surface area contributed by atoms with Gasteiger partial charge < -0.3 is 5.32 Å². The minimum absolute atomic E-state index is 0.0978. The van der Waals surface area contributed by atoms with Crippen LogP contribution in [0.4, 0.5) is 20.3 Å². The molecule has 0 bridgehead atoms. The number of aliphatic imine (C=N–C) groups is 1. The number of amides is 1. The molecule has 1 N–H and O–H groups in total. The maximum atomic E-state index is 15.1. The van der Waals surface area contributed by atoms with Crippen molar-refractivity contribution in [2.75, 3.05) is 5.32 Å². The standard InChI is InChI=1S/C34H25F2N5O/c1-20-12-13-38-18-27(20)26-14-23-16-29(40-34(42)25-15-24(25)17-37)39-19-28(23)32(30(26)33(35)36)41-31(21-8-4-2-5-9-21)22-10-6-3-7-11-22/h2-14,16,18-19,24-25,33H,15H2,1H3,(H,39,40,42)/t24-,25+/m0/s1. The quantitative estimate of drug-likeness (QED) is 0.207. The highest BCUT2D eigenvalue weighted by Gasteiger charge is 2.43. The number of nitrogens with zero attached hydrogens (tertiary/aromatic N) is 4. The van der Waals surface area contributed by atoms with Gasteiger partial charge in [0.05, 0.1) is 34.9 Å². The Bertz CT molecular complexity index is 1830. The van der Waals surface area contributed by atoms with Gasteiger partial charge in [-0.1, -0.05) is 60.7 Å². The zero-order chi connectivity index (χ0) is 29.2. The maximum Gasteiger partial charge on any atom is 0.266 e. The van der Waals surface area contributed by atoms with Crippen LogP contribution in [0.3, 0.4) is 0 Å². The predicted octanol–water partition coefficient (Wildman–Crippen LogP) is 7.81. The van der Waals surface area contributed by atoms with Gasteiger partial charge in [0.2, 0.25) is 5.91 Å². The van der Waals surface area contributed by atoms with E-state index < -0.39 is 6.43 Å². The van der Waals surface area contributed by atoms with Crippen LogP contribution in [0.5, 0.6) is 0 Å². The Balaban J connectivity index is 1.61. The molecular weight excluding hydrogens is 532 g/mol. The lowest BCUT2D eigenvalue weighted by Crippen LogP contribution is -2.15. The number of nitriles is 1. The van der Waals surface area contributed by atoms with Crippen LogP contribution in [0.1, 0.15) is 35.1 Å².